The molecule has 6 nitrogen and oxygen atoms in total. The van der Waals surface area contributed by atoms with Crippen molar-refractivity contribution in [3.8, 4) is 5.75 Å². The quantitative estimate of drug-likeness (QED) is 0.829. The average Bonchev–Trinajstić information content (AvgIpc) is 3.34. The van der Waals surface area contributed by atoms with Crippen molar-refractivity contribution in [2.75, 3.05) is 33.3 Å². The van der Waals surface area contributed by atoms with Gasteiger partial charge < -0.3 is 19.0 Å². The summed E-state index contributed by atoms with van der Waals surface area (Å²) >= 11 is 0. The molecule has 4 rings (SSSR count). The lowest BCUT2D eigenvalue weighted by Crippen LogP contribution is -2.38. The van der Waals surface area contributed by atoms with Gasteiger partial charge in [-0.25, -0.2) is 0 Å². The molecule has 6 heteroatoms. The first-order valence-corrected chi connectivity index (χ1v) is 9.65. The van der Waals surface area contributed by atoms with Crippen molar-refractivity contribution in [1.82, 2.24) is 9.80 Å². The molecule has 1 unspecified atom stereocenters. The Labute approximate surface area is 159 Å². The van der Waals surface area contributed by atoms with Crippen molar-refractivity contribution in [2.24, 2.45) is 5.41 Å². The van der Waals surface area contributed by atoms with Gasteiger partial charge in [0, 0.05) is 43.2 Å². The molecule has 2 fully saturated rings. The van der Waals surface area contributed by atoms with Crippen molar-refractivity contribution in [1.29, 1.82) is 0 Å². The van der Waals surface area contributed by atoms with Gasteiger partial charge in [0.2, 0.25) is 5.91 Å². The fourth-order valence-electron chi connectivity index (χ4n) is 4.48. The van der Waals surface area contributed by atoms with Crippen LogP contribution in [0.4, 0.5) is 0 Å². The minimum Gasteiger partial charge on any atom is -0.497 e. The normalized spacial score (nSPS) is 22.4. The standard InChI is InChI=1S/C21H26N2O4/c1-4-9-22-10-7-21(20(22)25)8-11-23(13-21)19(24)18-14(2)16-6-5-15(26-3)12-17(16)27-18/h5-6,12H,4,7-11,13H2,1-3H3. The molecule has 1 spiro atoms. The van der Waals surface area contributed by atoms with Gasteiger partial charge in [0.05, 0.1) is 12.5 Å². The molecule has 1 aromatic carbocycles. The van der Waals surface area contributed by atoms with E-state index >= 15 is 0 Å². The molecule has 144 valence electrons. The van der Waals surface area contributed by atoms with Gasteiger partial charge in [-0.3, -0.25) is 9.59 Å². The summed E-state index contributed by atoms with van der Waals surface area (Å²) in [6.45, 7) is 6.69. The third-order valence-electron chi connectivity index (χ3n) is 6.08. The highest BCUT2D eigenvalue weighted by molar-refractivity contribution is 6.00. The molecule has 3 heterocycles. The van der Waals surface area contributed by atoms with Crippen LogP contribution >= 0.6 is 0 Å². The highest BCUT2D eigenvalue weighted by atomic mass is 16.5. The lowest BCUT2D eigenvalue weighted by molar-refractivity contribution is -0.135. The second-order valence-electron chi connectivity index (χ2n) is 7.72. The minimum atomic E-state index is -0.395. The highest BCUT2D eigenvalue weighted by Gasteiger charge is 2.51. The zero-order valence-electron chi connectivity index (χ0n) is 16.2. The summed E-state index contributed by atoms with van der Waals surface area (Å²) in [6.07, 6.45) is 2.54. The summed E-state index contributed by atoms with van der Waals surface area (Å²) in [6, 6.07) is 5.58. The van der Waals surface area contributed by atoms with E-state index in [4.69, 9.17) is 9.15 Å². The van der Waals surface area contributed by atoms with E-state index in [9.17, 15) is 9.59 Å². The molecule has 2 aliphatic heterocycles. The largest absolute Gasteiger partial charge is 0.497 e. The van der Waals surface area contributed by atoms with Gasteiger partial charge in [-0.1, -0.05) is 6.92 Å². The Morgan fingerprint density at radius 2 is 2.07 bits per heavy atom. The topological polar surface area (TPSA) is 63.0 Å². The predicted octanol–water partition coefficient (Wildman–Crippen LogP) is 3.22. The highest BCUT2D eigenvalue weighted by Crippen LogP contribution is 2.41. The van der Waals surface area contributed by atoms with Gasteiger partial charge in [-0.15, -0.1) is 0 Å². The van der Waals surface area contributed by atoms with Gasteiger partial charge in [-0.2, -0.15) is 0 Å². The Hall–Kier alpha value is -2.50. The number of likely N-dealkylation sites (tertiary alicyclic amines) is 2. The SMILES string of the molecule is CCCN1CCC2(CCN(C(=O)c3oc4cc(OC)ccc4c3C)C2)C1=O. The Bertz CT molecular complexity index is 903. The van der Waals surface area contributed by atoms with E-state index in [2.05, 4.69) is 6.92 Å². The number of amides is 2. The smallest absolute Gasteiger partial charge is 0.289 e. The number of fused-ring (bicyclic) bond motifs is 1. The predicted molar refractivity (Wildman–Crippen MR) is 102 cm³/mol. The van der Waals surface area contributed by atoms with Gasteiger partial charge in [-0.05, 0) is 38.3 Å². The van der Waals surface area contributed by atoms with Crippen LogP contribution in [-0.2, 0) is 4.79 Å². The average molecular weight is 370 g/mol. The third-order valence-corrected chi connectivity index (χ3v) is 6.08. The number of carbonyl (C=O) groups excluding carboxylic acids is 2. The number of hydrogen-bond donors (Lipinski definition) is 0. The van der Waals surface area contributed by atoms with E-state index in [0.29, 0.717) is 30.2 Å². The maximum atomic E-state index is 13.1. The molecule has 2 amide bonds. The van der Waals surface area contributed by atoms with E-state index in [0.717, 1.165) is 43.3 Å². The molecule has 2 aromatic rings. The van der Waals surface area contributed by atoms with Crippen molar-refractivity contribution in [3.63, 3.8) is 0 Å². The second-order valence-corrected chi connectivity index (χ2v) is 7.72. The van der Waals surface area contributed by atoms with Crippen LogP contribution in [0.3, 0.4) is 0 Å². The summed E-state index contributed by atoms with van der Waals surface area (Å²) in [5, 5.41) is 0.916. The van der Waals surface area contributed by atoms with Crippen LogP contribution in [0.15, 0.2) is 22.6 Å². The number of methoxy groups -OCH3 is 1. The van der Waals surface area contributed by atoms with E-state index in [1.807, 2.05) is 24.0 Å². The summed E-state index contributed by atoms with van der Waals surface area (Å²) in [5.74, 6) is 1.15. The van der Waals surface area contributed by atoms with Crippen molar-refractivity contribution < 1.29 is 18.7 Å². The molecule has 1 aromatic heterocycles. The number of furan rings is 1. The molecular weight excluding hydrogens is 344 g/mol. The first kappa shape index (κ1) is 17.9. The van der Waals surface area contributed by atoms with E-state index in [-0.39, 0.29) is 11.8 Å². The first-order valence-electron chi connectivity index (χ1n) is 9.65. The van der Waals surface area contributed by atoms with E-state index in [1.54, 1.807) is 18.1 Å². The number of ether oxygens (including phenoxy) is 1. The molecule has 0 radical (unpaired) electrons. The number of rotatable bonds is 4. The Morgan fingerprint density at radius 3 is 2.81 bits per heavy atom. The molecule has 2 saturated heterocycles. The van der Waals surface area contributed by atoms with Crippen molar-refractivity contribution in [3.05, 3.63) is 29.5 Å². The van der Waals surface area contributed by atoms with Crippen LogP contribution in [0.5, 0.6) is 5.75 Å². The molecule has 0 N–H and O–H groups in total. The van der Waals surface area contributed by atoms with Crippen LogP contribution < -0.4 is 4.74 Å². The maximum absolute atomic E-state index is 13.1. The van der Waals surface area contributed by atoms with Crippen LogP contribution in [0, 0.1) is 12.3 Å². The van der Waals surface area contributed by atoms with E-state index < -0.39 is 5.41 Å². The Balaban J connectivity index is 1.57. The van der Waals surface area contributed by atoms with Crippen molar-refractivity contribution >= 4 is 22.8 Å². The lowest BCUT2D eigenvalue weighted by atomic mass is 9.85. The number of carbonyl (C=O) groups is 2. The van der Waals surface area contributed by atoms with Crippen LogP contribution in [0.25, 0.3) is 11.0 Å². The molecule has 1 atom stereocenters. The van der Waals surface area contributed by atoms with Crippen LogP contribution in [0.2, 0.25) is 0 Å². The third kappa shape index (κ3) is 2.78. The molecule has 0 saturated carbocycles. The fourth-order valence-corrected chi connectivity index (χ4v) is 4.48. The Morgan fingerprint density at radius 1 is 1.30 bits per heavy atom. The number of benzene rings is 1. The first-order chi connectivity index (χ1) is 13.0. The van der Waals surface area contributed by atoms with Crippen LogP contribution in [0.1, 0.15) is 42.3 Å². The van der Waals surface area contributed by atoms with Crippen molar-refractivity contribution in [2.45, 2.75) is 33.1 Å². The molecule has 0 aliphatic carbocycles. The maximum Gasteiger partial charge on any atom is 0.289 e. The number of hydrogen-bond acceptors (Lipinski definition) is 4. The van der Waals surface area contributed by atoms with E-state index in [1.165, 1.54) is 0 Å². The number of nitrogens with zero attached hydrogens (tertiary/aromatic N) is 2. The molecule has 27 heavy (non-hydrogen) atoms. The number of aryl methyl sites for hydroxylation is 1. The summed E-state index contributed by atoms with van der Waals surface area (Å²) in [5.41, 5.74) is 1.09. The summed E-state index contributed by atoms with van der Waals surface area (Å²) < 4.78 is 11.1. The molecule has 2 aliphatic rings. The van der Waals surface area contributed by atoms with Gasteiger partial charge in [0.25, 0.3) is 5.91 Å². The summed E-state index contributed by atoms with van der Waals surface area (Å²) in [4.78, 5) is 29.7. The Kier molecular flexibility index (Phi) is 4.36. The zero-order chi connectivity index (χ0) is 19.2. The van der Waals surface area contributed by atoms with Gasteiger partial charge in [0.15, 0.2) is 5.76 Å². The fraction of sp³-hybridized carbons (Fsp3) is 0.524. The molecule has 0 bridgehead atoms. The summed E-state index contributed by atoms with van der Waals surface area (Å²) in [7, 11) is 1.60. The van der Waals surface area contributed by atoms with Gasteiger partial charge >= 0.3 is 0 Å². The van der Waals surface area contributed by atoms with Crippen LogP contribution in [-0.4, -0.2) is 54.9 Å². The zero-order valence-corrected chi connectivity index (χ0v) is 16.2. The van der Waals surface area contributed by atoms with Gasteiger partial charge in [0.1, 0.15) is 11.3 Å². The molecular formula is C21H26N2O4. The monoisotopic (exact) mass is 370 g/mol. The minimum absolute atomic E-state index is 0.124. The second kappa shape index (κ2) is 6.59. The lowest BCUT2D eigenvalue weighted by Gasteiger charge is -2.23.